The molecule has 0 amide bonds. The summed E-state index contributed by atoms with van der Waals surface area (Å²) in [5.74, 6) is 1.21. The predicted molar refractivity (Wildman–Crippen MR) is 88.9 cm³/mol. The van der Waals surface area contributed by atoms with Crippen LogP contribution in [0.2, 0.25) is 0 Å². The van der Waals surface area contributed by atoms with Crippen LogP contribution >= 0.6 is 0 Å². The third-order valence-electron chi connectivity index (χ3n) is 5.41. The van der Waals surface area contributed by atoms with Gasteiger partial charge in [-0.1, -0.05) is 6.07 Å². The summed E-state index contributed by atoms with van der Waals surface area (Å²) >= 11 is 0. The lowest BCUT2D eigenvalue weighted by molar-refractivity contribution is -0.150. The number of esters is 1. The fraction of sp³-hybridized carbons (Fsp3) is 0.647. The number of aromatic nitrogens is 1. The van der Waals surface area contributed by atoms with Crippen molar-refractivity contribution in [3.05, 3.63) is 23.9 Å². The van der Waals surface area contributed by atoms with E-state index in [1.807, 2.05) is 6.07 Å². The molecule has 0 radical (unpaired) electrons. The second-order valence-corrected chi connectivity index (χ2v) is 9.18. The van der Waals surface area contributed by atoms with Gasteiger partial charge in [-0.15, -0.1) is 0 Å². The Morgan fingerprint density at radius 1 is 1.33 bits per heavy atom. The Labute approximate surface area is 142 Å². The summed E-state index contributed by atoms with van der Waals surface area (Å²) in [7, 11) is -3.36. The standard InChI is InChI=1S/C17H22N2O4S/c1-2-23-16(20)17(9-11-8-12(11)10-17)14-4-3-5-15(18-14)19-24(21,22)13-6-7-13/h3-5,11-13H,2,6-10H2,1H3,(H,18,19). The van der Waals surface area contributed by atoms with Crippen molar-refractivity contribution in [2.45, 2.75) is 49.7 Å². The van der Waals surface area contributed by atoms with Gasteiger partial charge in [-0.25, -0.2) is 13.4 Å². The van der Waals surface area contributed by atoms with E-state index in [1.54, 1.807) is 19.1 Å². The smallest absolute Gasteiger partial charge is 0.318 e. The van der Waals surface area contributed by atoms with Crippen LogP contribution in [0.4, 0.5) is 5.82 Å². The molecule has 3 aliphatic rings. The number of nitrogens with one attached hydrogen (secondary N) is 1. The molecule has 1 aromatic heterocycles. The molecular weight excluding hydrogens is 328 g/mol. The lowest BCUT2D eigenvalue weighted by Crippen LogP contribution is -2.37. The number of carbonyl (C=O) groups excluding carboxylic acids is 1. The van der Waals surface area contributed by atoms with Gasteiger partial charge in [-0.2, -0.15) is 0 Å². The van der Waals surface area contributed by atoms with Crippen LogP contribution in [0.1, 0.15) is 44.7 Å². The fourth-order valence-electron chi connectivity index (χ4n) is 3.90. The molecule has 1 heterocycles. The molecule has 0 bridgehead atoms. The number of ether oxygens (including phenoxy) is 1. The van der Waals surface area contributed by atoms with E-state index in [2.05, 4.69) is 9.71 Å². The Morgan fingerprint density at radius 2 is 2.04 bits per heavy atom. The minimum Gasteiger partial charge on any atom is -0.465 e. The van der Waals surface area contributed by atoms with Gasteiger partial charge in [-0.3, -0.25) is 9.52 Å². The number of carbonyl (C=O) groups is 1. The van der Waals surface area contributed by atoms with Gasteiger partial charge in [0.25, 0.3) is 0 Å². The van der Waals surface area contributed by atoms with E-state index in [-0.39, 0.29) is 11.2 Å². The van der Waals surface area contributed by atoms with Gasteiger partial charge in [0, 0.05) is 0 Å². The van der Waals surface area contributed by atoms with Gasteiger partial charge in [0.05, 0.1) is 17.6 Å². The number of hydrogen-bond donors (Lipinski definition) is 1. The summed E-state index contributed by atoms with van der Waals surface area (Å²) in [6.45, 7) is 2.14. The van der Waals surface area contributed by atoms with E-state index in [0.717, 1.165) is 12.8 Å². The number of sulfonamides is 1. The van der Waals surface area contributed by atoms with Gasteiger partial charge in [0.2, 0.25) is 10.0 Å². The molecule has 3 aliphatic carbocycles. The quantitative estimate of drug-likeness (QED) is 0.795. The molecule has 6 nitrogen and oxygen atoms in total. The molecule has 4 rings (SSSR count). The highest BCUT2D eigenvalue weighted by molar-refractivity contribution is 7.93. The molecule has 3 fully saturated rings. The summed E-state index contributed by atoms with van der Waals surface area (Å²) in [5.41, 5.74) is -0.0888. The number of hydrogen-bond acceptors (Lipinski definition) is 5. The van der Waals surface area contributed by atoms with Crippen molar-refractivity contribution >= 4 is 21.8 Å². The van der Waals surface area contributed by atoms with E-state index < -0.39 is 15.4 Å². The van der Waals surface area contributed by atoms with E-state index >= 15 is 0 Å². The van der Waals surface area contributed by atoms with Crippen molar-refractivity contribution in [3.8, 4) is 0 Å². The minimum atomic E-state index is -3.36. The lowest BCUT2D eigenvalue weighted by atomic mass is 9.79. The topological polar surface area (TPSA) is 85.4 Å². The van der Waals surface area contributed by atoms with Crippen molar-refractivity contribution in [1.82, 2.24) is 4.98 Å². The van der Waals surface area contributed by atoms with Crippen LogP contribution in [-0.4, -0.2) is 31.2 Å². The molecule has 130 valence electrons. The van der Waals surface area contributed by atoms with E-state index in [1.165, 1.54) is 6.42 Å². The summed E-state index contributed by atoms with van der Waals surface area (Å²) in [4.78, 5) is 17.1. The third kappa shape index (κ3) is 2.68. The number of rotatable bonds is 6. The summed E-state index contributed by atoms with van der Waals surface area (Å²) in [5, 5.41) is -0.305. The molecule has 0 saturated heterocycles. The molecule has 0 aromatic carbocycles. The maximum Gasteiger partial charge on any atom is 0.318 e. The van der Waals surface area contributed by atoms with Gasteiger partial charge in [-0.05, 0) is 63.0 Å². The molecule has 24 heavy (non-hydrogen) atoms. The maximum absolute atomic E-state index is 12.6. The first-order valence-electron chi connectivity index (χ1n) is 8.61. The van der Waals surface area contributed by atoms with Gasteiger partial charge in [0.15, 0.2) is 0 Å². The first-order chi connectivity index (χ1) is 11.4. The minimum absolute atomic E-state index is 0.230. The zero-order valence-electron chi connectivity index (χ0n) is 13.7. The molecule has 3 saturated carbocycles. The van der Waals surface area contributed by atoms with Gasteiger partial charge < -0.3 is 4.74 Å². The summed E-state index contributed by atoms with van der Waals surface area (Å²) in [6, 6.07) is 5.21. The highest BCUT2D eigenvalue weighted by atomic mass is 32.2. The normalized spacial score (nSPS) is 31.4. The van der Waals surface area contributed by atoms with Gasteiger partial charge in [0.1, 0.15) is 11.2 Å². The van der Waals surface area contributed by atoms with Gasteiger partial charge >= 0.3 is 5.97 Å². The van der Waals surface area contributed by atoms with E-state index in [0.29, 0.717) is 42.8 Å². The Hall–Kier alpha value is -1.63. The lowest BCUT2D eigenvalue weighted by Gasteiger charge is -2.28. The van der Waals surface area contributed by atoms with Crippen LogP contribution in [0, 0.1) is 11.8 Å². The van der Waals surface area contributed by atoms with E-state index in [9.17, 15) is 13.2 Å². The molecule has 7 heteroatoms. The number of fused-ring (bicyclic) bond motifs is 1. The Balaban J connectivity index is 1.64. The second kappa shape index (κ2) is 5.44. The predicted octanol–water partition coefficient (Wildman–Crippen LogP) is 2.22. The zero-order valence-corrected chi connectivity index (χ0v) is 14.5. The van der Waals surface area contributed by atoms with Crippen LogP contribution in [0.5, 0.6) is 0 Å². The monoisotopic (exact) mass is 350 g/mol. The molecule has 1 N–H and O–H groups in total. The Morgan fingerprint density at radius 3 is 2.67 bits per heavy atom. The molecule has 1 aromatic rings. The number of anilines is 1. The molecule has 2 unspecified atom stereocenters. The molecule has 0 spiro atoms. The zero-order chi connectivity index (χ0) is 16.9. The Bertz CT molecular complexity index is 763. The second-order valence-electron chi connectivity index (χ2n) is 7.22. The van der Waals surface area contributed by atoms with Crippen LogP contribution in [0.25, 0.3) is 0 Å². The molecule has 0 aliphatic heterocycles. The highest BCUT2D eigenvalue weighted by Gasteiger charge is 2.59. The van der Waals surface area contributed by atoms with Crippen LogP contribution in [0.15, 0.2) is 18.2 Å². The number of pyridine rings is 1. The third-order valence-corrected chi connectivity index (χ3v) is 7.25. The fourth-order valence-corrected chi connectivity index (χ4v) is 5.23. The van der Waals surface area contributed by atoms with Crippen LogP contribution in [0.3, 0.4) is 0 Å². The molecular formula is C17H22N2O4S. The summed E-state index contributed by atoms with van der Waals surface area (Å²) in [6.07, 6.45) is 4.08. The first-order valence-corrected chi connectivity index (χ1v) is 10.2. The van der Waals surface area contributed by atoms with Crippen molar-refractivity contribution in [3.63, 3.8) is 0 Å². The largest absolute Gasteiger partial charge is 0.465 e. The number of nitrogens with zero attached hydrogens (tertiary/aromatic N) is 1. The summed E-state index contributed by atoms with van der Waals surface area (Å²) < 4.78 is 32.1. The Kier molecular flexibility index (Phi) is 3.60. The molecule has 2 atom stereocenters. The van der Waals surface area contributed by atoms with Crippen molar-refractivity contribution in [2.75, 3.05) is 11.3 Å². The van der Waals surface area contributed by atoms with E-state index in [4.69, 9.17) is 4.74 Å². The van der Waals surface area contributed by atoms with Crippen molar-refractivity contribution in [2.24, 2.45) is 11.8 Å². The van der Waals surface area contributed by atoms with Crippen LogP contribution in [-0.2, 0) is 25.0 Å². The highest BCUT2D eigenvalue weighted by Crippen LogP contribution is 2.60. The average Bonchev–Trinajstić information content (AvgIpc) is 3.46. The maximum atomic E-state index is 12.6. The first kappa shape index (κ1) is 15.9. The average molecular weight is 350 g/mol. The SMILES string of the molecule is CCOC(=O)C1(c2cccc(NS(=O)(=O)C3CC3)n2)CC2CC2C1. The van der Waals surface area contributed by atoms with Crippen LogP contribution < -0.4 is 4.72 Å². The van der Waals surface area contributed by atoms with Crippen molar-refractivity contribution in [1.29, 1.82) is 0 Å². The van der Waals surface area contributed by atoms with Crippen molar-refractivity contribution < 1.29 is 17.9 Å².